The van der Waals surface area contributed by atoms with Crippen LogP contribution in [-0.2, 0) is 0 Å². The average molecular weight is 316 g/mol. The van der Waals surface area contributed by atoms with E-state index in [0.717, 1.165) is 35.2 Å². The average Bonchev–Trinajstić information content (AvgIpc) is 2.36. The molecular weight excluding hydrogens is 294 g/mol. The normalized spacial score (nSPS) is 12.4. The molecule has 1 rings (SSSR count). The maximum atomic E-state index is 8.74. The summed E-state index contributed by atoms with van der Waals surface area (Å²) in [7, 11) is 0. The summed E-state index contributed by atoms with van der Waals surface area (Å²) in [4.78, 5) is 0. The third-order valence-electron chi connectivity index (χ3n) is 2.76. The molecule has 18 heavy (non-hydrogen) atoms. The van der Waals surface area contributed by atoms with Crippen molar-refractivity contribution in [1.82, 2.24) is 5.32 Å². The number of rotatable bonds is 8. The molecule has 0 amide bonds. The summed E-state index contributed by atoms with van der Waals surface area (Å²) in [5.74, 6) is 0.921. The molecule has 3 nitrogen and oxygen atoms in total. The standard InChI is InChI=1S/C14H22BrNO2/c1-3-16-11(2)13-10-12(15)6-7-14(13)18-9-5-4-8-17/h6-7,10-11,16-17H,3-5,8-9H2,1-2H3. The van der Waals surface area contributed by atoms with Gasteiger partial charge in [0.2, 0.25) is 0 Å². The van der Waals surface area contributed by atoms with E-state index in [9.17, 15) is 0 Å². The Bertz CT molecular complexity index is 358. The van der Waals surface area contributed by atoms with E-state index in [1.165, 1.54) is 0 Å². The van der Waals surface area contributed by atoms with Crippen LogP contribution in [-0.4, -0.2) is 24.9 Å². The van der Waals surface area contributed by atoms with E-state index in [1.807, 2.05) is 12.1 Å². The molecule has 1 atom stereocenters. The van der Waals surface area contributed by atoms with Crippen LogP contribution in [0.25, 0.3) is 0 Å². The number of aliphatic hydroxyl groups is 1. The molecule has 0 aliphatic rings. The van der Waals surface area contributed by atoms with Gasteiger partial charge in [0.25, 0.3) is 0 Å². The number of nitrogens with one attached hydrogen (secondary N) is 1. The predicted molar refractivity (Wildman–Crippen MR) is 78.0 cm³/mol. The SMILES string of the molecule is CCNC(C)c1cc(Br)ccc1OCCCCO. The van der Waals surface area contributed by atoms with E-state index < -0.39 is 0 Å². The molecule has 0 aliphatic heterocycles. The van der Waals surface area contributed by atoms with Crippen LogP contribution in [0.15, 0.2) is 22.7 Å². The van der Waals surface area contributed by atoms with E-state index in [-0.39, 0.29) is 12.6 Å². The summed E-state index contributed by atoms with van der Waals surface area (Å²) < 4.78 is 6.85. The van der Waals surface area contributed by atoms with Crippen LogP contribution < -0.4 is 10.1 Å². The summed E-state index contributed by atoms with van der Waals surface area (Å²) in [6.45, 7) is 6.03. The zero-order valence-electron chi connectivity index (χ0n) is 11.1. The summed E-state index contributed by atoms with van der Waals surface area (Å²) in [5.41, 5.74) is 1.16. The number of ether oxygens (including phenoxy) is 1. The zero-order chi connectivity index (χ0) is 13.4. The van der Waals surface area contributed by atoms with Gasteiger partial charge in [-0.1, -0.05) is 22.9 Å². The summed E-state index contributed by atoms with van der Waals surface area (Å²) in [5, 5.41) is 12.1. The van der Waals surface area contributed by atoms with Crippen molar-refractivity contribution in [2.24, 2.45) is 0 Å². The highest BCUT2D eigenvalue weighted by Crippen LogP contribution is 2.28. The number of hydrogen-bond acceptors (Lipinski definition) is 3. The smallest absolute Gasteiger partial charge is 0.124 e. The molecule has 0 aromatic heterocycles. The van der Waals surface area contributed by atoms with Crippen LogP contribution >= 0.6 is 15.9 Å². The molecule has 1 aromatic carbocycles. The fourth-order valence-corrected chi connectivity index (χ4v) is 2.18. The molecule has 2 N–H and O–H groups in total. The van der Waals surface area contributed by atoms with Gasteiger partial charge in [0.1, 0.15) is 5.75 Å². The molecule has 0 saturated carbocycles. The van der Waals surface area contributed by atoms with Crippen molar-refractivity contribution < 1.29 is 9.84 Å². The van der Waals surface area contributed by atoms with Crippen LogP contribution in [0.4, 0.5) is 0 Å². The first-order chi connectivity index (χ1) is 8.69. The molecule has 0 spiro atoms. The van der Waals surface area contributed by atoms with Crippen LogP contribution in [0.3, 0.4) is 0 Å². The highest BCUT2D eigenvalue weighted by molar-refractivity contribution is 9.10. The molecule has 0 saturated heterocycles. The van der Waals surface area contributed by atoms with Gasteiger partial charge in [-0.2, -0.15) is 0 Å². The van der Waals surface area contributed by atoms with Gasteiger partial charge in [0, 0.05) is 22.7 Å². The Kier molecular flexibility index (Phi) is 7.32. The molecule has 0 heterocycles. The maximum Gasteiger partial charge on any atom is 0.124 e. The second kappa shape index (κ2) is 8.51. The predicted octanol–water partition coefficient (Wildman–Crippen LogP) is 3.27. The van der Waals surface area contributed by atoms with Crippen LogP contribution in [0, 0.1) is 0 Å². The van der Waals surface area contributed by atoms with E-state index in [1.54, 1.807) is 0 Å². The Labute approximate surface area is 118 Å². The summed E-state index contributed by atoms with van der Waals surface area (Å²) in [6, 6.07) is 6.34. The maximum absolute atomic E-state index is 8.74. The van der Waals surface area contributed by atoms with Crippen molar-refractivity contribution in [2.75, 3.05) is 19.8 Å². The van der Waals surface area contributed by atoms with E-state index in [4.69, 9.17) is 9.84 Å². The van der Waals surface area contributed by atoms with Crippen LogP contribution in [0.2, 0.25) is 0 Å². The second-order valence-corrected chi connectivity index (χ2v) is 5.16. The van der Waals surface area contributed by atoms with E-state index in [0.29, 0.717) is 6.61 Å². The van der Waals surface area contributed by atoms with Crippen molar-refractivity contribution in [2.45, 2.75) is 32.7 Å². The zero-order valence-corrected chi connectivity index (χ0v) is 12.7. The Morgan fingerprint density at radius 3 is 2.83 bits per heavy atom. The number of halogens is 1. The fourth-order valence-electron chi connectivity index (χ4n) is 1.80. The quantitative estimate of drug-likeness (QED) is 0.723. The van der Waals surface area contributed by atoms with Gasteiger partial charge in [-0.05, 0) is 44.5 Å². The first-order valence-corrected chi connectivity index (χ1v) is 7.24. The van der Waals surface area contributed by atoms with Gasteiger partial charge >= 0.3 is 0 Å². The lowest BCUT2D eigenvalue weighted by Crippen LogP contribution is -2.18. The van der Waals surface area contributed by atoms with Gasteiger partial charge in [-0.25, -0.2) is 0 Å². The van der Waals surface area contributed by atoms with Gasteiger partial charge in [0.05, 0.1) is 6.61 Å². The van der Waals surface area contributed by atoms with Crippen LogP contribution in [0.5, 0.6) is 5.75 Å². The van der Waals surface area contributed by atoms with Gasteiger partial charge in [0.15, 0.2) is 0 Å². The largest absolute Gasteiger partial charge is 0.493 e. The minimum Gasteiger partial charge on any atom is -0.493 e. The molecular formula is C14H22BrNO2. The first-order valence-electron chi connectivity index (χ1n) is 6.45. The third-order valence-corrected chi connectivity index (χ3v) is 3.25. The first kappa shape index (κ1) is 15.5. The fraction of sp³-hybridized carbons (Fsp3) is 0.571. The third kappa shape index (κ3) is 4.96. The highest BCUT2D eigenvalue weighted by atomic mass is 79.9. The van der Waals surface area contributed by atoms with E-state index >= 15 is 0 Å². The van der Waals surface area contributed by atoms with Crippen molar-refractivity contribution in [1.29, 1.82) is 0 Å². The number of hydrogen-bond donors (Lipinski definition) is 2. The number of aliphatic hydroxyl groups excluding tert-OH is 1. The van der Waals surface area contributed by atoms with E-state index in [2.05, 4.69) is 41.2 Å². The second-order valence-electron chi connectivity index (χ2n) is 4.24. The minimum atomic E-state index is 0.227. The lowest BCUT2D eigenvalue weighted by molar-refractivity contribution is 0.251. The lowest BCUT2D eigenvalue weighted by Gasteiger charge is -2.18. The van der Waals surface area contributed by atoms with Gasteiger partial charge < -0.3 is 15.2 Å². The molecule has 0 fully saturated rings. The van der Waals surface area contributed by atoms with Gasteiger partial charge in [-0.15, -0.1) is 0 Å². The topological polar surface area (TPSA) is 41.5 Å². The lowest BCUT2D eigenvalue weighted by atomic mass is 10.1. The molecule has 1 unspecified atom stereocenters. The molecule has 0 bridgehead atoms. The molecule has 1 aromatic rings. The molecule has 102 valence electrons. The van der Waals surface area contributed by atoms with Crippen LogP contribution in [0.1, 0.15) is 38.3 Å². The van der Waals surface area contributed by atoms with Gasteiger partial charge in [-0.3, -0.25) is 0 Å². The molecule has 0 radical (unpaired) electrons. The van der Waals surface area contributed by atoms with Crippen molar-refractivity contribution in [3.05, 3.63) is 28.2 Å². The minimum absolute atomic E-state index is 0.227. The van der Waals surface area contributed by atoms with Crippen molar-refractivity contribution >= 4 is 15.9 Å². The Morgan fingerprint density at radius 1 is 1.39 bits per heavy atom. The Balaban J connectivity index is 2.70. The van der Waals surface area contributed by atoms with Crippen molar-refractivity contribution in [3.63, 3.8) is 0 Å². The molecule has 4 heteroatoms. The Hall–Kier alpha value is -0.580. The monoisotopic (exact) mass is 315 g/mol. The number of benzene rings is 1. The summed E-state index contributed by atoms with van der Waals surface area (Å²) in [6.07, 6.45) is 1.66. The molecule has 0 aliphatic carbocycles. The Morgan fingerprint density at radius 2 is 2.17 bits per heavy atom. The number of unbranched alkanes of at least 4 members (excludes halogenated alkanes) is 1. The highest BCUT2D eigenvalue weighted by Gasteiger charge is 2.11. The van der Waals surface area contributed by atoms with Crippen molar-refractivity contribution in [3.8, 4) is 5.75 Å². The summed E-state index contributed by atoms with van der Waals surface area (Å²) >= 11 is 3.49.